The Morgan fingerprint density at radius 3 is 2.27 bits per heavy atom. The van der Waals surface area contributed by atoms with E-state index in [4.69, 9.17) is 0 Å². The SMILES string of the molecule is Cc1cc(C)c(O)c(CC(CC(C)C)c2ccc(F)cc2)c1. The zero-order valence-corrected chi connectivity index (χ0v) is 13.9. The summed E-state index contributed by atoms with van der Waals surface area (Å²) in [4.78, 5) is 0. The summed E-state index contributed by atoms with van der Waals surface area (Å²) in [5, 5.41) is 10.3. The predicted molar refractivity (Wildman–Crippen MR) is 89.9 cm³/mol. The number of benzene rings is 2. The summed E-state index contributed by atoms with van der Waals surface area (Å²) in [5.41, 5.74) is 4.19. The molecule has 1 N–H and O–H groups in total. The van der Waals surface area contributed by atoms with Gasteiger partial charge in [-0.1, -0.05) is 43.7 Å². The van der Waals surface area contributed by atoms with Crippen LogP contribution in [-0.2, 0) is 6.42 Å². The van der Waals surface area contributed by atoms with Crippen LogP contribution in [0.25, 0.3) is 0 Å². The summed E-state index contributed by atoms with van der Waals surface area (Å²) in [6, 6.07) is 10.8. The summed E-state index contributed by atoms with van der Waals surface area (Å²) in [5.74, 6) is 1.01. The third kappa shape index (κ3) is 4.09. The minimum atomic E-state index is -0.207. The van der Waals surface area contributed by atoms with Crippen molar-refractivity contribution in [1.29, 1.82) is 0 Å². The monoisotopic (exact) mass is 300 g/mol. The normalized spacial score (nSPS) is 12.6. The number of phenolic OH excluding ortho intramolecular Hbond substituents is 1. The highest BCUT2D eigenvalue weighted by Crippen LogP contribution is 2.33. The second kappa shape index (κ2) is 6.95. The smallest absolute Gasteiger partial charge is 0.123 e. The summed E-state index contributed by atoms with van der Waals surface area (Å²) >= 11 is 0. The molecule has 2 heteroatoms. The van der Waals surface area contributed by atoms with Crippen molar-refractivity contribution in [3.05, 3.63) is 64.5 Å². The van der Waals surface area contributed by atoms with Crippen molar-refractivity contribution in [2.24, 2.45) is 5.92 Å². The standard InChI is InChI=1S/C20H25FO/c1-13(2)9-17(16-5-7-19(21)8-6-16)12-18-11-14(3)10-15(4)20(18)22/h5-8,10-11,13,17,22H,9,12H2,1-4H3. The van der Waals surface area contributed by atoms with Gasteiger partial charge in [0.15, 0.2) is 0 Å². The summed E-state index contributed by atoms with van der Waals surface area (Å²) < 4.78 is 13.2. The van der Waals surface area contributed by atoms with Crippen LogP contribution in [0.15, 0.2) is 36.4 Å². The van der Waals surface area contributed by atoms with Crippen LogP contribution in [0, 0.1) is 25.6 Å². The van der Waals surface area contributed by atoms with Gasteiger partial charge in [-0.05, 0) is 67.3 Å². The molecule has 118 valence electrons. The molecule has 0 bridgehead atoms. The van der Waals surface area contributed by atoms with Crippen molar-refractivity contribution in [2.45, 2.75) is 46.5 Å². The van der Waals surface area contributed by atoms with Crippen LogP contribution >= 0.6 is 0 Å². The molecule has 0 amide bonds. The summed E-state index contributed by atoms with van der Waals surface area (Å²) in [6.45, 7) is 8.36. The third-order valence-corrected chi connectivity index (χ3v) is 4.09. The number of hydrogen-bond acceptors (Lipinski definition) is 1. The number of aryl methyl sites for hydroxylation is 2. The molecule has 0 aromatic heterocycles. The molecule has 0 aliphatic carbocycles. The lowest BCUT2D eigenvalue weighted by atomic mass is 9.84. The molecule has 0 aliphatic heterocycles. The van der Waals surface area contributed by atoms with E-state index >= 15 is 0 Å². The summed E-state index contributed by atoms with van der Waals surface area (Å²) in [6.07, 6.45) is 1.79. The van der Waals surface area contributed by atoms with Crippen LogP contribution in [0.2, 0.25) is 0 Å². The van der Waals surface area contributed by atoms with Gasteiger partial charge < -0.3 is 5.11 Å². The molecule has 1 unspecified atom stereocenters. The minimum Gasteiger partial charge on any atom is -0.507 e. The Bertz CT molecular complexity index is 629. The highest BCUT2D eigenvalue weighted by Gasteiger charge is 2.17. The first-order chi connectivity index (χ1) is 10.4. The molecule has 0 saturated carbocycles. The third-order valence-electron chi connectivity index (χ3n) is 4.09. The minimum absolute atomic E-state index is 0.207. The lowest BCUT2D eigenvalue weighted by molar-refractivity contribution is 0.450. The van der Waals surface area contributed by atoms with Gasteiger partial charge in [0, 0.05) is 0 Å². The van der Waals surface area contributed by atoms with Gasteiger partial charge >= 0.3 is 0 Å². The molecule has 0 saturated heterocycles. The van der Waals surface area contributed by atoms with Crippen LogP contribution in [0.1, 0.15) is 48.4 Å². The van der Waals surface area contributed by atoms with E-state index in [1.807, 2.05) is 32.0 Å². The first-order valence-electron chi connectivity index (χ1n) is 7.91. The van der Waals surface area contributed by atoms with Crippen molar-refractivity contribution >= 4 is 0 Å². The van der Waals surface area contributed by atoms with E-state index in [1.54, 1.807) is 0 Å². The predicted octanol–water partition coefficient (Wildman–Crippen LogP) is 5.52. The number of phenols is 1. The average molecular weight is 300 g/mol. The summed E-state index contributed by atoms with van der Waals surface area (Å²) in [7, 11) is 0. The zero-order valence-electron chi connectivity index (χ0n) is 13.9. The lowest BCUT2D eigenvalue weighted by Gasteiger charge is -2.21. The maximum Gasteiger partial charge on any atom is 0.123 e. The molecule has 1 nitrogen and oxygen atoms in total. The van der Waals surface area contributed by atoms with Crippen LogP contribution < -0.4 is 0 Å². The van der Waals surface area contributed by atoms with Crippen LogP contribution in [0.5, 0.6) is 5.75 Å². The molecule has 0 fully saturated rings. The first kappa shape index (κ1) is 16.5. The topological polar surface area (TPSA) is 20.2 Å². The van der Waals surface area contributed by atoms with E-state index in [-0.39, 0.29) is 11.7 Å². The van der Waals surface area contributed by atoms with Crippen LogP contribution in [0.4, 0.5) is 4.39 Å². The van der Waals surface area contributed by atoms with Gasteiger partial charge in [0.1, 0.15) is 11.6 Å². The highest BCUT2D eigenvalue weighted by molar-refractivity contribution is 5.43. The number of aromatic hydroxyl groups is 1. The number of rotatable bonds is 5. The van der Waals surface area contributed by atoms with Gasteiger partial charge in [0.25, 0.3) is 0 Å². The Labute approximate surface area is 132 Å². The molecule has 2 rings (SSSR count). The van der Waals surface area contributed by atoms with Crippen molar-refractivity contribution in [3.63, 3.8) is 0 Å². The molecular formula is C20H25FO. The maximum atomic E-state index is 13.2. The highest BCUT2D eigenvalue weighted by atomic mass is 19.1. The lowest BCUT2D eigenvalue weighted by Crippen LogP contribution is -2.07. The van der Waals surface area contributed by atoms with Gasteiger partial charge in [0.2, 0.25) is 0 Å². The van der Waals surface area contributed by atoms with E-state index in [0.29, 0.717) is 11.7 Å². The molecule has 2 aromatic carbocycles. The number of halogens is 1. The van der Waals surface area contributed by atoms with Gasteiger partial charge in [-0.15, -0.1) is 0 Å². The molecule has 0 radical (unpaired) electrons. The molecule has 2 aromatic rings. The molecule has 0 spiro atoms. The molecule has 0 aliphatic rings. The fourth-order valence-electron chi connectivity index (χ4n) is 3.11. The Hall–Kier alpha value is -1.83. The van der Waals surface area contributed by atoms with Crippen LogP contribution in [0.3, 0.4) is 0 Å². The zero-order chi connectivity index (χ0) is 16.3. The fourth-order valence-corrected chi connectivity index (χ4v) is 3.11. The Kier molecular flexibility index (Phi) is 5.23. The second-order valence-electron chi connectivity index (χ2n) is 6.67. The quantitative estimate of drug-likeness (QED) is 0.770. The maximum absolute atomic E-state index is 13.2. The van der Waals surface area contributed by atoms with Gasteiger partial charge in [0.05, 0.1) is 0 Å². The Morgan fingerprint density at radius 2 is 1.68 bits per heavy atom. The van der Waals surface area contributed by atoms with Crippen molar-refractivity contribution in [1.82, 2.24) is 0 Å². The van der Waals surface area contributed by atoms with E-state index in [9.17, 15) is 9.50 Å². The van der Waals surface area contributed by atoms with E-state index < -0.39 is 0 Å². The Balaban J connectivity index is 2.33. The first-order valence-corrected chi connectivity index (χ1v) is 7.91. The van der Waals surface area contributed by atoms with Crippen molar-refractivity contribution in [3.8, 4) is 5.75 Å². The average Bonchev–Trinajstić information content (AvgIpc) is 2.43. The largest absolute Gasteiger partial charge is 0.507 e. The Morgan fingerprint density at radius 1 is 1.05 bits per heavy atom. The van der Waals surface area contributed by atoms with Gasteiger partial charge in [-0.3, -0.25) is 0 Å². The van der Waals surface area contributed by atoms with Crippen molar-refractivity contribution < 1.29 is 9.50 Å². The fraction of sp³-hybridized carbons (Fsp3) is 0.400. The molecular weight excluding hydrogens is 275 g/mol. The van der Waals surface area contributed by atoms with Gasteiger partial charge in [-0.2, -0.15) is 0 Å². The van der Waals surface area contributed by atoms with Crippen molar-refractivity contribution in [2.75, 3.05) is 0 Å². The molecule has 0 heterocycles. The van der Waals surface area contributed by atoms with E-state index in [2.05, 4.69) is 19.9 Å². The second-order valence-corrected chi connectivity index (χ2v) is 6.67. The van der Waals surface area contributed by atoms with Crippen LogP contribution in [-0.4, -0.2) is 5.11 Å². The van der Waals surface area contributed by atoms with E-state index in [1.165, 1.54) is 12.1 Å². The van der Waals surface area contributed by atoms with E-state index in [0.717, 1.165) is 35.1 Å². The molecule has 1 atom stereocenters. The molecule has 22 heavy (non-hydrogen) atoms. The van der Waals surface area contributed by atoms with Gasteiger partial charge in [-0.25, -0.2) is 4.39 Å². The number of hydrogen-bond donors (Lipinski definition) is 1.